The molecule has 0 aromatic carbocycles. The van der Waals surface area contributed by atoms with Crippen LogP contribution in [0.25, 0.3) is 0 Å². The molecule has 0 saturated heterocycles. The van der Waals surface area contributed by atoms with Gasteiger partial charge in [0.2, 0.25) is 0 Å². The lowest BCUT2D eigenvalue weighted by Gasteiger charge is -2.60. The first-order valence-corrected chi connectivity index (χ1v) is 7.23. The van der Waals surface area contributed by atoms with E-state index in [-0.39, 0.29) is 6.10 Å². The molecule has 0 heterocycles. The molecule has 0 aromatic rings. The minimum Gasteiger partial charge on any atom is -0.393 e. The summed E-state index contributed by atoms with van der Waals surface area (Å²) in [6.07, 6.45) is 8.71. The molecule has 0 spiro atoms. The third kappa shape index (κ3) is 2.16. The van der Waals surface area contributed by atoms with Crippen LogP contribution in [0.1, 0.15) is 65.7 Å². The molecule has 0 amide bonds. The standard InChI is InChI=1S/C15H28O/c1-4-5-13(16)9-7-11-6-8-12-10-14(11)15(12,2)3/h11-14,16H,4-10H2,1-3H3. The van der Waals surface area contributed by atoms with Crippen LogP contribution in [-0.2, 0) is 0 Å². The van der Waals surface area contributed by atoms with Gasteiger partial charge in [0.1, 0.15) is 0 Å². The van der Waals surface area contributed by atoms with E-state index in [2.05, 4.69) is 20.8 Å². The van der Waals surface area contributed by atoms with Crippen LogP contribution in [0.5, 0.6) is 0 Å². The van der Waals surface area contributed by atoms with Crippen molar-refractivity contribution >= 4 is 0 Å². The molecule has 3 rings (SSSR count). The smallest absolute Gasteiger partial charge is 0.0540 e. The third-order valence-corrected chi connectivity index (χ3v) is 5.49. The zero-order chi connectivity index (χ0) is 11.8. The van der Waals surface area contributed by atoms with E-state index in [4.69, 9.17) is 0 Å². The van der Waals surface area contributed by atoms with Gasteiger partial charge in [-0.05, 0) is 61.7 Å². The highest BCUT2D eigenvalue weighted by atomic mass is 16.3. The second kappa shape index (κ2) is 4.68. The number of aliphatic hydroxyl groups is 1. The molecule has 1 nitrogen and oxygen atoms in total. The Labute approximate surface area is 101 Å². The maximum absolute atomic E-state index is 9.81. The van der Waals surface area contributed by atoms with Gasteiger partial charge in [0.05, 0.1) is 6.10 Å². The van der Waals surface area contributed by atoms with Gasteiger partial charge in [0.25, 0.3) is 0 Å². The van der Waals surface area contributed by atoms with Gasteiger partial charge < -0.3 is 5.11 Å². The molecule has 0 aliphatic heterocycles. The molecule has 0 radical (unpaired) electrons. The molecule has 94 valence electrons. The Kier molecular flexibility index (Phi) is 3.63. The van der Waals surface area contributed by atoms with Crippen LogP contribution in [-0.4, -0.2) is 11.2 Å². The quantitative estimate of drug-likeness (QED) is 0.748. The number of rotatable bonds is 5. The highest BCUT2D eigenvalue weighted by Gasteiger charge is 2.53. The Bertz CT molecular complexity index is 232. The Morgan fingerprint density at radius 2 is 2.00 bits per heavy atom. The molecular weight excluding hydrogens is 196 g/mol. The van der Waals surface area contributed by atoms with Crippen molar-refractivity contribution in [1.82, 2.24) is 0 Å². The van der Waals surface area contributed by atoms with Crippen LogP contribution >= 0.6 is 0 Å². The Balaban J connectivity index is 1.78. The molecule has 3 fully saturated rings. The summed E-state index contributed by atoms with van der Waals surface area (Å²) in [4.78, 5) is 0. The van der Waals surface area contributed by atoms with Crippen molar-refractivity contribution in [3.8, 4) is 0 Å². The summed E-state index contributed by atoms with van der Waals surface area (Å²) in [6, 6.07) is 0. The third-order valence-electron chi connectivity index (χ3n) is 5.49. The zero-order valence-electron chi connectivity index (χ0n) is 11.2. The highest BCUT2D eigenvalue weighted by Crippen LogP contribution is 2.62. The second-order valence-electron chi connectivity index (χ2n) is 6.72. The van der Waals surface area contributed by atoms with Crippen molar-refractivity contribution in [3.63, 3.8) is 0 Å². The first kappa shape index (κ1) is 12.4. The predicted molar refractivity (Wildman–Crippen MR) is 68.3 cm³/mol. The number of aliphatic hydroxyl groups excluding tert-OH is 1. The molecule has 4 atom stereocenters. The topological polar surface area (TPSA) is 20.2 Å². The van der Waals surface area contributed by atoms with Crippen LogP contribution in [0.4, 0.5) is 0 Å². The summed E-state index contributed by atoms with van der Waals surface area (Å²) in [5.41, 5.74) is 0.610. The van der Waals surface area contributed by atoms with Gasteiger partial charge in [0, 0.05) is 0 Å². The van der Waals surface area contributed by atoms with E-state index in [1.807, 2.05) is 0 Å². The van der Waals surface area contributed by atoms with Gasteiger partial charge >= 0.3 is 0 Å². The molecule has 16 heavy (non-hydrogen) atoms. The predicted octanol–water partition coefficient (Wildman–Crippen LogP) is 4.00. The Hall–Kier alpha value is -0.0400. The van der Waals surface area contributed by atoms with E-state index in [0.717, 1.165) is 37.0 Å². The van der Waals surface area contributed by atoms with Gasteiger partial charge in [-0.25, -0.2) is 0 Å². The fourth-order valence-corrected chi connectivity index (χ4v) is 4.19. The maximum Gasteiger partial charge on any atom is 0.0540 e. The Morgan fingerprint density at radius 3 is 2.56 bits per heavy atom. The van der Waals surface area contributed by atoms with E-state index in [1.165, 1.54) is 25.7 Å². The summed E-state index contributed by atoms with van der Waals surface area (Å²) in [5, 5.41) is 9.81. The van der Waals surface area contributed by atoms with Gasteiger partial charge in [-0.15, -0.1) is 0 Å². The molecule has 1 N–H and O–H groups in total. The molecule has 3 aliphatic rings. The largest absolute Gasteiger partial charge is 0.393 e. The van der Waals surface area contributed by atoms with Crippen molar-refractivity contribution in [2.75, 3.05) is 0 Å². The van der Waals surface area contributed by atoms with Crippen LogP contribution in [0.2, 0.25) is 0 Å². The zero-order valence-corrected chi connectivity index (χ0v) is 11.2. The molecule has 3 saturated carbocycles. The first-order valence-electron chi connectivity index (χ1n) is 7.23. The van der Waals surface area contributed by atoms with Crippen LogP contribution < -0.4 is 0 Å². The minimum atomic E-state index is -0.0362. The summed E-state index contributed by atoms with van der Waals surface area (Å²) in [7, 11) is 0. The van der Waals surface area contributed by atoms with E-state index < -0.39 is 0 Å². The van der Waals surface area contributed by atoms with Gasteiger partial charge in [-0.3, -0.25) is 0 Å². The lowest BCUT2D eigenvalue weighted by atomic mass is 9.45. The fraction of sp³-hybridized carbons (Fsp3) is 1.00. The van der Waals surface area contributed by atoms with E-state index in [1.54, 1.807) is 0 Å². The van der Waals surface area contributed by atoms with E-state index >= 15 is 0 Å². The van der Waals surface area contributed by atoms with Crippen LogP contribution in [0.3, 0.4) is 0 Å². The van der Waals surface area contributed by atoms with Gasteiger partial charge in [0.15, 0.2) is 0 Å². The molecule has 0 aromatic heterocycles. The highest BCUT2D eigenvalue weighted by molar-refractivity contribution is 5.03. The monoisotopic (exact) mass is 224 g/mol. The molecular formula is C15H28O. The summed E-state index contributed by atoms with van der Waals surface area (Å²) in [5.74, 6) is 2.88. The molecule has 1 heteroatoms. The number of fused-ring (bicyclic) bond motifs is 2. The lowest BCUT2D eigenvalue weighted by molar-refractivity contribution is -0.109. The normalized spacial score (nSPS) is 37.9. The summed E-state index contributed by atoms with van der Waals surface area (Å²) in [6.45, 7) is 7.07. The second-order valence-corrected chi connectivity index (χ2v) is 6.72. The summed E-state index contributed by atoms with van der Waals surface area (Å²) >= 11 is 0. The average molecular weight is 224 g/mol. The minimum absolute atomic E-state index is 0.0362. The molecule has 4 unspecified atom stereocenters. The van der Waals surface area contributed by atoms with Crippen molar-refractivity contribution in [1.29, 1.82) is 0 Å². The molecule has 2 bridgehead atoms. The van der Waals surface area contributed by atoms with Crippen LogP contribution in [0.15, 0.2) is 0 Å². The fourth-order valence-electron chi connectivity index (χ4n) is 4.19. The van der Waals surface area contributed by atoms with Gasteiger partial charge in [-0.1, -0.05) is 27.2 Å². The SMILES string of the molecule is CCCC(O)CCC1CCC2CC1C2(C)C. The number of hydrogen-bond donors (Lipinski definition) is 1. The maximum atomic E-state index is 9.81. The Morgan fingerprint density at radius 1 is 1.25 bits per heavy atom. The van der Waals surface area contributed by atoms with Crippen molar-refractivity contribution < 1.29 is 5.11 Å². The van der Waals surface area contributed by atoms with Gasteiger partial charge in [-0.2, -0.15) is 0 Å². The first-order chi connectivity index (χ1) is 7.55. The number of hydrogen-bond acceptors (Lipinski definition) is 1. The lowest BCUT2D eigenvalue weighted by Crippen LogP contribution is -2.52. The van der Waals surface area contributed by atoms with E-state index in [0.29, 0.717) is 5.41 Å². The van der Waals surface area contributed by atoms with Crippen molar-refractivity contribution in [3.05, 3.63) is 0 Å². The van der Waals surface area contributed by atoms with Crippen molar-refractivity contribution in [2.45, 2.75) is 71.8 Å². The molecule has 3 aliphatic carbocycles. The van der Waals surface area contributed by atoms with Crippen molar-refractivity contribution in [2.24, 2.45) is 23.2 Å². The average Bonchev–Trinajstić information content (AvgIpc) is 2.27. The van der Waals surface area contributed by atoms with Crippen LogP contribution in [0, 0.1) is 23.2 Å². The van der Waals surface area contributed by atoms with E-state index in [9.17, 15) is 5.11 Å². The summed E-state index contributed by atoms with van der Waals surface area (Å²) < 4.78 is 0.